The van der Waals surface area contributed by atoms with Crippen LogP contribution in [0.15, 0.2) is 23.4 Å². The molecule has 108 valence electrons. The number of hydrogen-bond acceptors (Lipinski definition) is 5. The van der Waals surface area contributed by atoms with E-state index in [1.165, 1.54) is 13.2 Å². The molecule has 6 nitrogen and oxygen atoms in total. The van der Waals surface area contributed by atoms with Crippen LogP contribution in [-0.4, -0.2) is 48.6 Å². The van der Waals surface area contributed by atoms with Gasteiger partial charge in [0, 0.05) is 26.3 Å². The maximum atomic E-state index is 12.4. The van der Waals surface area contributed by atoms with E-state index in [2.05, 4.69) is 10.3 Å². The van der Waals surface area contributed by atoms with Crippen molar-refractivity contribution < 1.29 is 13.5 Å². The first-order chi connectivity index (χ1) is 8.68. The van der Waals surface area contributed by atoms with E-state index in [1.807, 2.05) is 6.92 Å². The number of likely N-dealkylation sites (N-methyl/N-ethyl adjacent to an activating group) is 1. The zero-order chi connectivity index (χ0) is 14.7. The topological polar surface area (TPSA) is 82.5 Å². The number of aromatic nitrogens is 1. The smallest absolute Gasteiger partial charge is 0.262 e. The molecule has 0 fully saturated rings. The van der Waals surface area contributed by atoms with Gasteiger partial charge in [-0.25, -0.2) is 13.4 Å². The van der Waals surface area contributed by atoms with Crippen LogP contribution >= 0.6 is 0 Å². The van der Waals surface area contributed by atoms with Crippen molar-refractivity contribution in [2.24, 2.45) is 0 Å². The summed E-state index contributed by atoms with van der Waals surface area (Å²) in [6, 6.07) is 3.34. The predicted molar refractivity (Wildman–Crippen MR) is 74.5 cm³/mol. The van der Waals surface area contributed by atoms with Crippen molar-refractivity contribution in [1.29, 1.82) is 0 Å². The van der Waals surface area contributed by atoms with E-state index in [0.29, 0.717) is 12.2 Å². The Morgan fingerprint density at radius 1 is 1.47 bits per heavy atom. The molecule has 7 heteroatoms. The van der Waals surface area contributed by atoms with E-state index >= 15 is 0 Å². The fourth-order valence-electron chi connectivity index (χ4n) is 1.70. The summed E-state index contributed by atoms with van der Waals surface area (Å²) in [5.74, 6) is 0. The van der Waals surface area contributed by atoms with Gasteiger partial charge in [-0.1, -0.05) is 0 Å². The average Bonchev–Trinajstić information content (AvgIpc) is 2.27. The van der Waals surface area contributed by atoms with Gasteiger partial charge in [0.05, 0.1) is 11.3 Å². The van der Waals surface area contributed by atoms with Crippen LogP contribution in [0.1, 0.15) is 20.8 Å². The van der Waals surface area contributed by atoms with E-state index in [9.17, 15) is 13.5 Å². The van der Waals surface area contributed by atoms with Crippen LogP contribution in [0.4, 0.5) is 5.69 Å². The lowest BCUT2D eigenvalue weighted by molar-refractivity contribution is 0.0639. The second-order valence-electron chi connectivity index (χ2n) is 4.96. The Kier molecular flexibility index (Phi) is 4.89. The lowest BCUT2D eigenvalue weighted by Crippen LogP contribution is -2.40. The third-order valence-electron chi connectivity index (χ3n) is 2.40. The van der Waals surface area contributed by atoms with E-state index < -0.39 is 15.6 Å². The SMILES string of the molecule is CCNc1cccnc1S(=O)(=O)N(C)CC(C)(C)O. The van der Waals surface area contributed by atoms with Crippen molar-refractivity contribution in [1.82, 2.24) is 9.29 Å². The van der Waals surface area contributed by atoms with Crippen LogP contribution in [0.2, 0.25) is 0 Å². The molecular formula is C12H21N3O3S. The molecular weight excluding hydrogens is 266 g/mol. The first kappa shape index (κ1) is 15.9. The second-order valence-corrected chi connectivity index (χ2v) is 6.92. The summed E-state index contributed by atoms with van der Waals surface area (Å²) in [6.45, 7) is 5.59. The molecule has 2 N–H and O–H groups in total. The summed E-state index contributed by atoms with van der Waals surface area (Å²) in [5, 5.41) is 12.7. The minimum absolute atomic E-state index is 0.00251. The number of rotatable bonds is 6. The Bertz CT molecular complexity index is 523. The Morgan fingerprint density at radius 3 is 2.63 bits per heavy atom. The fourth-order valence-corrected chi connectivity index (χ4v) is 3.09. The lowest BCUT2D eigenvalue weighted by atomic mass is 10.1. The van der Waals surface area contributed by atoms with Crippen molar-refractivity contribution in [2.45, 2.75) is 31.4 Å². The maximum Gasteiger partial charge on any atom is 0.262 e. The lowest BCUT2D eigenvalue weighted by Gasteiger charge is -2.25. The third kappa shape index (κ3) is 4.15. The van der Waals surface area contributed by atoms with Gasteiger partial charge in [-0.15, -0.1) is 0 Å². The molecule has 0 aliphatic heterocycles. The Labute approximate surface area is 114 Å². The monoisotopic (exact) mass is 287 g/mol. The molecule has 0 aliphatic rings. The standard InChI is InChI=1S/C12H21N3O3S/c1-5-13-10-7-6-8-14-11(10)19(17,18)15(4)9-12(2,3)16/h6-8,13,16H,5,9H2,1-4H3. The number of aliphatic hydroxyl groups is 1. The molecule has 1 rings (SSSR count). The van der Waals surface area contributed by atoms with Crippen LogP contribution in [0.25, 0.3) is 0 Å². The molecule has 1 aromatic heterocycles. The fraction of sp³-hybridized carbons (Fsp3) is 0.583. The largest absolute Gasteiger partial charge is 0.389 e. The number of nitrogens with zero attached hydrogens (tertiary/aromatic N) is 2. The summed E-state index contributed by atoms with van der Waals surface area (Å²) >= 11 is 0. The van der Waals surface area contributed by atoms with E-state index in [-0.39, 0.29) is 11.6 Å². The molecule has 0 aliphatic carbocycles. The maximum absolute atomic E-state index is 12.4. The summed E-state index contributed by atoms with van der Waals surface area (Å²) in [4.78, 5) is 3.95. The number of nitrogens with one attached hydrogen (secondary N) is 1. The molecule has 0 amide bonds. The molecule has 0 saturated carbocycles. The Balaban J connectivity index is 3.13. The van der Waals surface area contributed by atoms with Crippen LogP contribution in [0.5, 0.6) is 0 Å². The minimum Gasteiger partial charge on any atom is -0.389 e. The first-order valence-corrected chi connectivity index (χ1v) is 7.50. The van der Waals surface area contributed by atoms with Crippen molar-refractivity contribution in [3.05, 3.63) is 18.3 Å². The van der Waals surface area contributed by atoms with Gasteiger partial charge in [0.1, 0.15) is 0 Å². The van der Waals surface area contributed by atoms with Gasteiger partial charge in [0.2, 0.25) is 0 Å². The van der Waals surface area contributed by atoms with E-state index in [0.717, 1.165) is 4.31 Å². The zero-order valence-electron chi connectivity index (χ0n) is 11.7. The molecule has 0 spiro atoms. The average molecular weight is 287 g/mol. The number of sulfonamides is 1. The van der Waals surface area contributed by atoms with Gasteiger partial charge in [0.15, 0.2) is 5.03 Å². The Hall–Kier alpha value is -1.18. The molecule has 0 radical (unpaired) electrons. The van der Waals surface area contributed by atoms with Crippen molar-refractivity contribution >= 4 is 15.7 Å². The van der Waals surface area contributed by atoms with Crippen molar-refractivity contribution in [3.63, 3.8) is 0 Å². The predicted octanol–water partition coefficient (Wildman–Crippen LogP) is 0.905. The minimum atomic E-state index is -3.73. The van der Waals surface area contributed by atoms with Crippen LogP contribution in [0, 0.1) is 0 Å². The van der Waals surface area contributed by atoms with Crippen LogP contribution < -0.4 is 5.32 Å². The van der Waals surface area contributed by atoms with Crippen LogP contribution in [0.3, 0.4) is 0 Å². The van der Waals surface area contributed by atoms with E-state index in [4.69, 9.17) is 0 Å². The van der Waals surface area contributed by atoms with Gasteiger partial charge in [-0.05, 0) is 32.9 Å². The molecule has 0 bridgehead atoms. The summed E-state index contributed by atoms with van der Waals surface area (Å²) < 4.78 is 25.9. The highest BCUT2D eigenvalue weighted by Crippen LogP contribution is 2.22. The van der Waals surface area contributed by atoms with Crippen molar-refractivity contribution in [2.75, 3.05) is 25.5 Å². The van der Waals surface area contributed by atoms with Gasteiger partial charge < -0.3 is 10.4 Å². The van der Waals surface area contributed by atoms with Crippen molar-refractivity contribution in [3.8, 4) is 0 Å². The van der Waals surface area contributed by atoms with Gasteiger partial charge in [0.25, 0.3) is 10.0 Å². The molecule has 0 atom stereocenters. The summed E-state index contributed by atoms with van der Waals surface area (Å²) in [5.41, 5.74) is -0.637. The van der Waals surface area contributed by atoms with Gasteiger partial charge >= 0.3 is 0 Å². The Morgan fingerprint density at radius 2 is 2.11 bits per heavy atom. The normalized spacial score (nSPS) is 12.7. The summed E-state index contributed by atoms with van der Waals surface area (Å²) in [7, 11) is -2.30. The highest BCUT2D eigenvalue weighted by atomic mass is 32.2. The number of anilines is 1. The molecule has 0 unspecified atom stereocenters. The zero-order valence-corrected chi connectivity index (χ0v) is 12.5. The summed E-state index contributed by atoms with van der Waals surface area (Å²) in [6.07, 6.45) is 1.44. The molecule has 19 heavy (non-hydrogen) atoms. The number of hydrogen-bond donors (Lipinski definition) is 2. The van der Waals surface area contributed by atoms with Gasteiger partial charge in [-0.3, -0.25) is 0 Å². The third-order valence-corrected chi connectivity index (χ3v) is 4.17. The quantitative estimate of drug-likeness (QED) is 0.812. The van der Waals surface area contributed by atoms with Gasteiger partial charge in [-0.2, -0.15) is 4.31 Å². The highest BCUT2D eigenvalue weighted by molar-refractivity contribution is 7.89. The van der Waals surface area contributed by atoms with E-state index in [1.54, 1.807) is 26.0 Å². The number of pyridine rings is 1. The second kappa shape index (κ2) is 5.85. The molecule has 1 heterocycles. The molecule has 0 aromatic carbocycles. The van der Waals surface area contributed by atoms with Crippen LogP contribution in [-0.2, 0) is 10.0 Å². The molecule has 1 aromatic rings. The molecule has 0 saturated heterocycles. The highest BCUT2D eigenvalue weighted by Gasteiger charge is 2.29. The first-order valence-electron chi connectivity index (χ1n) is 6.06.